The van der Waals surface area contributed by atoms with Crippen molar-refractivity contribution in [1.82, 2.24) is 0 Å². The normalized spacial score (nSPS) is 14.3. The van der Waals surface area contributed by atoms with Crippen LogP contribution < -0.4 is 0 Å². The van der Waals surface area contributed by atoms with Gasteiger partial charge in [-0.1, -0.05) is 54.6 Å². The van der Waals surface area contributed by atoms with Crippen LogP contribution >= 0.6 is 0 Å². The third-order valence-corrected chi connectivity index (χ3v) is 4.04. The summed E-state index contributed by atoms with van der Waals surface area (Å²) in [6, 6.07) is 14.7. The maximum Gasteiger partial charge on any atom is 0.431 e. The van der Waals surface area contributed by atoms with Crippen molar-refractivity contribution in [2.24, 2.45) is 0 Å². The van der Waals surface area contributed by atoms with Crippen LogP contribution in [-0.2, 0) is 4.74 Å². The third-order valence-electron chi connectivity index (χ3n) is 4.04. The molecule has 2 aromatic rings. The Morgan fingerprint density at radius 2 is 1.19 bits per heavy atom. The fourth-order valence-electron chi connectivity index (χ4n) is 2.51. The van der Waals surface area contributed by atoms with E-state index < -0.39 is 30.5 Å². The molecule has 0 saturated heterocycles. The molecule has 1 unspecified atom stereocenters. The number of ether oxygens (including phenoxy) is 1. The Morgan fingerprint density at radius 3 is 1.62 bits per heavy atom. The average Bonchev–Trinajstić information content (AvgIpc) is 2.58. The first-order valence-electron chi connectivity index (χ1n) is 7.50. The molecule has 2 rings (SSSR count). The van der Waals surface area contributed by atoms with Gasteiger partial charge in [0.2, 0.25) is 0 Å². The van der Waals surface area contributed by atoms with Crippen LogP contribution in [0.2, 0.25) is 0 Å². The Morgan fingerprint density at radius 1 is 0.731 bits per heavy atom. The Bertz CT molecular complexity index is 691. The smallest absolute Gasteiger partial charge is 0.377 e. The van der Waals surface area contributed by atoms with Crippen LogP contribution in [0, 0.1) is 0 Å². The molecule has 2 aromatic carbocycles. The van der Waals surface area contributed by atoms with Crippen LogP contribution in [-0.4, -0.2) is 25.1 Å². The highest BCUT2D eigenvalue weighted by atomic mass is 19.4. The summed E-state index contributed by atoms with van der Waals surface area (Å²) in [6.07, 6.45) is -15.8. The third kappa shape index (κ3) is 4.00. The lowest BCUT2D eigenvalue weighted by Crippen LogP contribution is -2.54. The topological polar surface area (TPSA) is 9.23 Å². The molecule has 0 amide bonds. The standard InChI is InChI=1S/C18H15F7O/c1-26-15(11-16(19,17(20,21)22)18(23,24)25)14-9-7-13(8-10-14)12-5-3-2-4-6-12/h2-10,15H,11H2,1H3. The Kier molecular flexibility index (Phi) is 5.65. The molecule has 0 radical (unpaired) electrons. The molecule has 0 bridgehead atoms. The van der Waals surface area contributed by atoms with Crippen molar-refractivity contribution in [2.75, 3.05) is 7.11 Å². The van der Waals surface area contributed by atoms with E-state index in [1.54, 1.807) is 30.3 Å². The maximum atomic E-state index is 13.9. The van der Waals surface area contributed by atoms with Crippen molar-refractivity contribution in [2.45, 2.75) is 30.5 Å². The molecule has 0 aliphatic carbocycles. The van der Waals surface area contributed by atoms with E-state index in [1.165, 1.54) is 24.3 Å². The molecule has 0 aliphatic heterocycles. The predicted octanol–water partition coefficient (Wildman–Crippen LogP) is 6.26. The zero-order chi connectivity index (χ0) is 19.6. The summed E-state index contributed by atoms with van der Waals surface area (Å²) in [5, 5.41) is 0. The van der Waals surface area contributed by atoms with Crippen molar-refractivity contribution in [3.8, 4) is 11.1 Å². The number of methoxy groups -OCH3 is 1. The summed E-state index contributed by atoms with van der Waals surface area (Å²) >= 11 is 0. The van der Waals surface area contributed by atoms with Crippen LogP contribution in [0.25, 0.3) is 11.1 Å². The first-order valence-corrected chi connectivity index (χ1v) is 7.50. The Balaban J connectivity index is 2.30. The van der Waals surface area contributed by atoms with Gasteiger partial charge < -0.3 is 4.74 Å². The number of hydrogen-bond acceptors (Lipinski definition) is 1. The van der Waals surface area contributed by atoms with Gasteiger partial charge in [-0.2, -0.15) is 26.3 Å². The molecule has 0 aliphatic rings. The molecular weight excluding hydrogens is 365 g/mol. The van der Waals surface area contributed by atoms with Gasteiger partial charge in [0.25, 0.3) is 0 Å². The van der Waals surface area contributed by atoms with Gasteiger partial charge in [-0.15, -0.1) is 0 Å². The summed E-state index contributed by atoms with van der Waals surface area (Å²) in [4.78, 5) is 0. The quantitative estimate of drug-likeness (QED) is 0.556. The van der Waals surface area contributed by atoms with Crippen molar-refractivity contribution in [3.05, 3.63) is 60.2 Å². The van der Waals surface area contributed by atoms with E-state index in [9.17, 15) is 30.7 Å². The van der Waals surface area contributed by atoms with E-state index in [2.05, 4.69) is 0 Å². The summed E-state index contributed by atoms with van der Waals surface area (Å²) < 4.78 is 95.2. The lowest BCUT2D eigenvalue weighted by molar-refractivity contribution is -0.348. The van der Waals surface area contributed by atoms with E-state index in [0.29, 0.717) is 5.56 Å². The molecule has 142 valence electrons. The summed E-state index contributed by atoms with van der Waals surface area (Å²) in [6.45, 7) is 0. The molecule has 0 heterocycles. The number of alkyl halides is 7. The van der Waals surface area contributed by atoms with E-state index in [1.807, 2.05) is 0 Å². The highest BCUT2D eigenvalue weighted by Crippen LogP contribution is 2.51. The second kappa shape index (κ2) is 7.26. The van der Waals surface area contributed by atoms with Gasteiger partial charge in [-0.25, -0.2) is 4.39 Å². The fourth-order valence-corrected chi connectivity index (χ4v) is 2.51. The number of halogens is 7. The largest absolute Gasteiger partial charge is 0.431 e. The number of rotatable bonds is 5. The van der Waals surface area contributed by atoms with Gasteiger partial charge in [0.05, 0.1) is 6.10 Å². The SMILES string of the molecule is COC(CC(F)(C(F)(F)F)C(F)(F)F)c1ccc(-c2ccccc2)cc1. The van der Waals surface area contributed by atoms with Gasteiger partial charge in [0.1, 0.15) is 0 Å². The zero-order valence-electron chi connectivity index (χ0n) is 13.5. The van der Waals surface area contributed by atoms with E-state index in [0.717, 1.165) is 12.7 Å². The first-order chi connectivity index (χ1) is 12.0. The lowest BCUT2D eigenvalue weighted by atomic mass is 9.92. The lowest BCUT2D eigenvalue weighted by Gasteiger charge is -2.32. The highest BCUT2D eigenvalue weighted by molar-refractivity contribution is 5.63. The van der Waals surface area contributed by atoms with Gasteiger partial charge in [0.15, 0.2) is 0 Å². The first kappa shape index (κ1) is 20.2. The highest BCUT2D eigenvalue weighted by Gasteiger charge is 2.72. The number of hydrogen-bond donors (Lipinski definition) is 0. The van der Waals surface area contributed by atoms with Crippen molar-refractivity contribution in [3.63, 3.8) is 0 Å². The van der Waals surface area contributed by atoms with Crippen molar-refractivity contribution in [1.29, 1.82) is 0 Å². The van der Waals surface area contributed by atoms with Crippen LogP contribution in [0.5, 0.6) is 0 Å². The molecule has 8 heteroatoms. The molecule has 0 N–H and O–H groups in total. The summed E-state index contributed by atoms with van der Waals surface area (Å²) in [7, 11) is 0.933. The van der Waals surface area contributed by atoms with Crippen LogP contribution in [0.4, 0.5) is 30.7 Å². The van der Waals surface area contributed by atoms with E-state index >= 15 is 0 Å². The van der Waals surface area contributed by atoms with Crippen molar-refractivity contribution < 1.29 is 35.5 Å². The Labute approximate surface area is 145 Å². The average molecular weight is 380 g/mol. The summed E-state index contributed by atoms with van der Waals surface area (Å²) in [5.74, 6) is 0. The van der Waals surface area contributed by atoms with E-state index in [-0.39, 0.29) is 5.56 Å². The summed E-state index contributed by atoms with van der Waals surface area (Å²) in [5.41, 5.74) is -3.82. The van der Waals surface area contributed by atoms with E-state index in [4.69, 9.17) is 4.74 Å². The Hall–Kier alpha value is -2.09. The van der Waals surface area contributed by atoms with Gasteiger partial charge in [-0.3, -0.25) is 0 Å². The fraction of sp³-hybridized carbons (Fsp3) is 0.333. The van der Waals surface area contributed by atoms with Crippen LogP contribution in [0.3, 0.4) is 0 Å². The molecule has 0 fully saturated rings. The minimum Gasteiger partial charge on any atom is -0.377 e. The predicted molar refractivity (Wildman–Crippen MR) is 82.2 cm³/mol. The molecule has 0 aromatic heterocycles. The molecule has 0 saturated carbocycles. The molecule has 1 atom stereocenters. The molecule has 0 spiro atoms. The van der Waals surface area contributed by atoms with Gasteiger partial charge >= 0.3 is 18.0 Å². The molecular formula is C18H15F7O. The maximum absolute atomic E-state index is 13.9. The van der Waals surface area contributed by atoms with Gasteiger partial charge in [-0.05, 0) is 16.7 Å². The minimum absolute atomic E-state index is 0.0164. The molecule has 1 nitrogen and oxygen atoms in total. The number of benzene rings is 2. The van der Waals surface area contributed by atoms with Crippen LogP contribution in [0.15, 0.2) is 54.6 Å². The second-order valence-corrected chi connectivity index (χ2v) is 5.71. The monoisotopic (exact) mass is 380 g/mol. The molecule has 26 heavy (non-hydrogen) atoms. The second-order valence-electron chi connectivity index (χ2n) is 5.71. The minimum atomic E-state index is -6.11. The zero-order valence-corrected chi connectivity index (χ0v) is 13.5. The van der Waals surface area contributed by atoms with Gasteiger partial charge in [0, 0.05) is 13.5 Å². The van der Waals surface area contributed by atoms with Crippen molar-refractivity contribution >= 4 is 0 Å². The van der Waals surface area contributed by atoms with Crippen LogP contribution in [0.1, 0.15) is 18.1 Å².